The fourth-order valence-electron chi connectivity index (χ4n) is 1.44. The van der Waals surface area contributed by atoms with Gasteiger partial charge in [0.2, 0.25) is 5.91 Å². The number of carbonyl (C=O) groups is 1. The molecular formula is C12H21N3O2. The average molecular weight is 239 g/mol. The lowest BCUT2D eigenvalue weighted by atomic mass is 10.1. The molecule has 0 radical (unpaired) electrons. The van der Waals surface area contributed by atoms with E-state index in [9.17, 15) is 9.59 Å². The maximum absolute atomic E-state index is 11.7. The number of rotatable bonds is 5. The lowest BCUT2D eigenvalue weighted by molar-refractivity contribution is -0.122. The summed E-state index contributed by atoms with van der Waals surface area (Å²) in [5, 5.41) is 2.87. The average Bonchev–Trinajstić information content (AvgIpc) is 2.59. The molecule has 0 aliphatic rings. The van der Waals surface area contributed by atoms with Crippen LogP contribution in [0.2, 0.25) is 0 Å². The van der Waals surface area contributed by atoms with Crippen LogP contribution < -0.4 is 11.0 Å². The molecule has 0 aliphatic carbocycles. The molecule has 0 saturated heterocycles. The number of carbonyl (C=O) groups excluding carboxylic acids is 1. The Hall–Kier alpha value is -1.52. The Bertz CT molecular complexity index is 431. The number of imidazole rings is 1. The van der Waals surface area contributed by atoms with E-state index in [0.29, 0.717) is 12.5 Å². The maximum atomic E-state index is 11.7. The fourth-order valence-corrected chi connectivity index (χ4v) is 1.44. The Morgan fingerprint density at radius 3 is 2.35 bits per heavy atom. The summed E-state index contributed by atoms with van der Waals surface area (Å²) in [5.74, 6) is 0.262. The minimum Gasteiger partial charge on any atom is -0.352 e. The van der Waals surface area contributed by atoms with Crippen molar-refractivity contribution in [2.24, 2.45) is 5.92 Å². The summed E-state index contributed by atoms with van der Waals surface area (Å²) in [6.07, 6.45) is 3.34. The van der Waals surface area contributed by atoms with Gasteiger partial charge in [0.25, 0.3) is 0 Å². The zero-order valence-electron chi connectivity index (χ0n) is 10.9. The molecule has 1 amide bonds. The quantitative estimate of drug-likeness (QED) is 0.827. The molecule has 1 unspecified atom stereocenters. The van der Waals surface area contributed by atoms with Crippen molar-refractivity contribution in [2.75, 3.05) is 0 Å². The van der Waals surface area contributed by atoms with Gasteiger partial charge in [-0.3, -0.25) is 13.9 Å². The normalized spacial score (nSPS) is 12.8. The highest BCUT2D eigenvalue weighted by molar-refractivity contribution is 5.76. The Morgan fingerprint density at radius 2 is 1.88 bits per heavy atom. The molecule has 0 aliphatic heterocycles. The van der Waals surface area contributed by atoms with E-state index in [4.69, 9.17) is 0 Å². The minimum absolute atomic E-state index is 0.0862. The van der Waals surface area contributed by atoms with Crippen molar-refractivity contribution in [3.05, 3.63) is 22.9 Å². The first-order valence-electron chi connectivity index (χ1n) is 6.00. The zero-order chi connectivity index (χ0) is 13.0. The van der Waals surface area contributed by atoms with Crippen molar-refractivity contribution >= 4 is 5.91 Å². The molecular weight excluding hydrogens is 218 g/mol. The Kier molecular flexibility index (Phi) is 4.54. The first kappa shape index (κ1) is 13.5. The third kappa shape index (κ3) is 3.47. The lowest BCUT2D eigenvalue weighted by Gasteiger charge is -2.17. The lowest BCUT2D eigenvalue weighted by Crippen LogP contribution is -2.39. The van der Waals surface area contributed by atoms with Gasteiger partial charge in [-0.05, 0) is 19.8 Å². The number of nitrogens with zero attached hydrogens (tertiary/aromatic N) is 2. The molecule has 1 rings (SSSR count). The van der Waals surface area contributed by atoms with Gasteiger partial charge in [0, 0.05) is 25.0 Å². The van der Waals surface area contributed by atoms with Crippen LogP contribution in [0.25, 0.3) is 0 Å². The van der Waals surface area contributed by atoms with Crippen LogP contribution in [0.3, 0.4) is 0 Å². The topological polar surface area (TPSA) is 56.0 Å². The SMILES string of the molecule is CCn1ccn(CC(=O)NC(C)C(C)C)c1=O. The van der Waals surface area contributed by atoms with Crippen molar-refractivity contribution in [3.63, 3.8) is 0 Å². The van der Waals surface area contributed by atoms with Gasteiger partial charge >= 0.3 is 5.69 Å². The van der Waals surface area contributed by atoms with Crippen LogP contribution in [0.15, 0.2) is 17.2 Å². The summed E-state index contributed by atoms with van der Waals surface area (Å²) in [4.78, 5) is 23.4. The van der Waals surface area contributed by atoms with E-state index in [2.05, 4.69) is 5.32 Å². The van der Waals surface area contributed by atoms with Crippen LogP contribution in [-0.2, 0) is 17.9 Å². The van der Waals surface area contributed by atoms with Crippen LogP contribution in [0.1, 0.15) is 27.7 Å². The molecule has 0 saturated carbocycles. The smallest absolute Gasteiger partial charge is 0.328 e. The minimum atomic E-state index is -0.139. The molecule has 5 heteroatoms. The number of aromatic nitrogens is 2. The molecule has 5 nitrogen and oxygen atoms in total. The summed E-state index contributed by atoms with van der Waals surface area (Å²) in [6.45, 7) is 8.66. The summed E-state index contributed by atoms with van der Waals surface area (Å²) >= 11 is 0. The molecule has 17 heavy (non-hydrogen) atoms. The second kappa shape index (κ2) is 5.70. The third-order valence-electron chi connectivity index (χ3n) is 2.96. The fraction of sp³-hybridized carbons (Fsp3) is 0.667. The van der Waals surface area contributed by atoms with E-state index >= 15 is 0 Å². The predicted octanol–water partition coefficient (Wildman–Crippen LogP) is 0.830. The van der Waals surface area contributed by atoms with E-state index < -0.39 is 0 Å². The van der Waals surface area contributed by atoms with Gasteiger partial charge in [-0.15, -0.1) is 0 Å². The summed E-state index contributed by atoms with van der Waals surface area (Å²) < 4.78 is 2.99. The molecule has 0 bridgehead atoms. The Morgan fingerprint density at radius 1 is 1.29 bits per heavy atom. The van der Waals surface area contributed by atoms with Crippen LogP contribution >= 0.6 is 0 Å². The molecule has 1 heterocycles. The van der Waals surface area contributed by atoms with Crippen LogP contribution in [0.4, 0.5) is 0 Å². The van der Waals surface area contributed by atoms with Crippen LogP contribution in [-0.4, -0.2) is 21.1 Å². The molecule has 0 aromatic carbocycles. The zero-order valence-corrected chi connectivity index (χ0v) is 10.9. The Labute approximate surface area is 101 Å². The molecule has 1 atom stereocenters. The van der Waals surface area contributed by atoms with Gasteiger partial charge in [0.1, 0.15) is 6.54 Å². The van der Waals surface area contributed by atoms with Gasteiger partial charge in [-0.1, -0.05) is 13.8 Å². The first-order chi connectivity index (χ1) is 7.95. The maximum Gasteiger partial charge on any atom is 0.328 e. The van der Waals surface area contributed by atoms with Gasteiger partial charge in [0.15, 0.2) is 0 Å². The number of hydrogen-bond acceptors (Lipinski definition) is 2. The van der Waals surface area contributed by atoms with Crippen molar-refractivity contribution in [1.82, 2.24) is 14.5 Å². The van der Waals surface area contributed by atoms with Crippen molar-refractivity contribution < 1.29 is 4.79 Å². The van der Waals surface area contributed by atoms with Crippen molar-refractivity contribution in [1.29, 1.82) is 0 Å². The third-order valence-corrected chi connectivity index (χ3v) is 2.96. The van der Waals surface area contributed by atoms with E-state index in [-0.39, 0.29) is 24.2 Å². The highest BCUT2D eigenvalue weighted by Crippen LogP contribution is 1.99. The number of amides is 1. The van der Waals surface area contributed by atoms with E-state index in [1.807, 2.05) is 27.7 Å². The van der Waals surface area contributed by atoms with Gasteiger partial charge < -0.3 is 5.32 Å². The second-order valence-corrected chi connectivity index (χ2v) is 4.59. The van der Waals surface area contributed by atoms with E-state index in [0.717, 1.165) is 0 Å². The largest absolute Gasteiger partial charge is 0.352 e. The summed E-state index contributed by atoms with van der Waals surface area (Å²) in [7, 11) is 0. The van der Waals surface area contributed by atoms with Crippen LogP contribution in [0, 0.1) is 5.92 Å². The summed E-state index contributed by atoms with van der Waals surface area (Å²) in [6, 6.07) is 0.117. The van der Waals surface area contributed by atoms with Gasteiger partial charge in [0.05, 0.1) is 0 Å². The first-order valence-corrected chi connectivity index (χ1v) is 6.00. The summed E-state index contributed by atoms with van der Waals surface area (Å²) in [5.41, 5.74) is -0.139. The molecule has 0 spiro atoms. The Balaban J connectivity index is 2.62. The molecule has 1 aromatic rings. The van der Waals surface area contributed by atoms with E-state index in [1.165, 1.54) is 4.57 Å². The molecule has 96 valence electrons. The van der Waals surface area contributed by atoms with E-state index in [1.54, 1.807) is 17.0 Å². The number of nitrogens with one attached hydrogen (secondary N) is 1. The number of hydrogen-bond donors (Lipinski definition) is 1. The second-order valence-electron chi connectivity index (χ2n) is 4.59. The monoisotopic (exact) mass is 239 g/mol. The standard InChI is InChI=1S/C12H21N3O2/c1-5-14-6-7-15(12(14)17)8-11(16)13-10(4)9(2)3/h6-7,9-10H,5,8H2,1-4H3,(H,13,16). The van der Waals surface area contributed by atoms with Gasteiger partial charge in [-0.25, -0.2) is 4.79 Å². The van der Waals surface area contributed by atoms with Crippen LogP contribution in [0.5, 0.6) is 0 Å². The highest BCUT2D eigenvalue weighted by atomic mass is 16.2. The van der Waals surface area contributed by atoms with Gasteiger partial charge in [-0.2, -0.15) is 0 Å². The number of aryl methyl sites for hydroxylation is 1. The molecule has 0 fully saturated rings. The molecule has 1 aromatic heterocycles. The predicted molar refractivity (Wildman–Crippen MR) is 66.8 cm³/mol. The van der Waals surface area contributed by atoms with Crippen molar-refractivity contribution in [3.8, 4) is 0 Å². The van der Waals surface area contributed by atoms with Crippen molar-refractivity contribution in [2.45, 2.75) is 46.8 Å². The molecule has 1 N–H and O–H groups in total. The highest BCUT2D eigenvalue weighted by Gasteiger charge is 2.12.